The first-order valence-electron chi connectivity index (χ1n) is 10.1. The third kappa shape index (κ3) is 3.75. The van der Waals surface area contributed by atoms with Crippen molar-refractivity contribution < 1.29 is 14.3 Å². The molecule has 0 atom stereocenters. The highest BCUT2D eigenvalue weighted by atomic mass is 32.1. The predicted octanol–water partition coefficient (Wildman–Crippen LogP) is 3.23. The number of benzene rings is 1. The van der Waals surface area contributed by atoms with Gasteiger partial charge in [0.05, 0.1) is 29.7 Å². The van der Waals surface area contributed by atoms with Crippen molar-refractivity contribution in [3.05, 3.63) is 56.3 Å². The fourth-order valence-electron chi connectivity index (χ4n) is 3.90. The second kappa shape index (κ2) is 8.39. The molecule has 156 valence electrons. The lowest BCUT2D eigenvalue weighted by atomic mass is 9.95. The number of rotatable bonds is 5. The van der Waals surface area contributed by atoms with Crippen LogP contribution in [0.25, 0.3) is 10.8 Å². The molecule has 2 aromatic heterocycles. The van der Waals surface area contributed by atoms with Crippen LogP contribution in [0.1, 0.15) is 46.3 Å². The Morgan fingerprint density at radius 3 is 2.70 bits per heavy atom. The number of aryl methyl sites for hydroxylation is 2. The van der Waals surface area contributed by atoms with Gasteiger partial charge in [-0.25, -0.2) is 9.48 Å². The average Bonchev–Trinajstić information content (AvgIpc) is 3.09. The molecule has 0 spiro atoms. The van der Waals surface area contributed by atoms with Crippen molar-refractivity contribution in [1.29, 1.82) is 0 Å². The standard InChI is InChI=1S/C22H23N3O4S/c1-3-29-22(28)19-15-10-6-7-11-17(15)30-20(19)23-18(26)12-16-13-8-4-5-9-14(13)21(27)25(2)24-16/h4-5,8-9H,3,6-7,10-12H2,1-2H3,(H,23,26). The maximum absolute atomic E-state index is 12.9. The van der Waals surface area contributed by atoms with Gasteiger partial charge < -0.3 is 10.1 Å². The van der Waals surface area contributed by atoms with Crippen LogP contribution in [0.3, 0.4) is 0 Å². The Balaban J connectivity index is 1.65. The molecule has 1 N–H and O–H groups in total. The minimum atomic E-state index is -0.391. The first-order chi connectivity index (χ1) is 14.5. The van der Waals surface area contributed by atoms with E-state index < -0.39 is 5.97 Å². The highest BCUT2D eigenvalue weighted by Gasteiger charge is 2.27. The maximum Gasteiger partial charge on any atom is 0.341 e. The largest absolute Gasteiger partial charge is 0.462 e. The number of nitrogens with zero attached hydrogens (tertiary/aromatic N) is 2. The maximum atomic E-state index is 12.9. The number of anilines is 1. The van der Waals surface area contributed by atoms with Crippen molar-refractivity contribution >= 4 is 39.0 Å². The van der Waals surface area contributed by atoms with Crippen LogP contribution in [0.5, 0.6) is 0 Å². The van der Waals surface area contributed by atoms with E-state index >= 15 is 0 Å². The molecular weight excluding hydrogens is 402 g/mol. The number of esters is 1. The highest BCUT2D eigenvalue weighted by molar-refractivity contribution is 7.17. The summed E-state index contributed by atoms with van der Waals surface area (Å²) in [6.07, 6.45) is 3.84. The highest BCUT2D eigenvalue weighted by Crippen LogP contribution is 2.38. The molecular formula is C22H23N3O4S. The van der Waals surface area contributed by atoms with Crippen molar-refractivity contribution in [2.45, 2.75) is 39.0 Å². The molecule has 1 aliphatic carbocycles. The predicted molar refractivity (Wildman–Crippen MR) is 116 cm³/mol. The number of fused-ring (bicyclic) bond motifs is 2. The number of hydrogen-bond donors (Lipinski definition) is 1. The van der Waals surface area contributed by atoms with E-state index in [1.165, 1.54) is 16.0 Å². The third-order valence-electron chi connectivity index (χ3n) is 5.26. The number of carbonyl (C=O) groups is 2. The van der Waals surface area contributed by atoms with Gasteiger partial charge in [-0.3, -0.25) is 9.59 Å². The van der Waals surface area contributed by atoms with Crippen molar-refractivity contribution in [2.24, 2.45) is 7.05 Å². The first-order valence-corrected chi connectivity index (χ1v) is 10.9. The number of ether oxygens (including phenoxy) is 1. The van der Waals surface area contributed by atoms with E-state index in [0.717, 1.165) is 36.1 Å². The van der Waals surface area contributed by atoms with Gasteiger partial charge in [-0.15, -0.1) is 11.3 Å². The van der Waals surface area contributed by atoms with Crippen molar-refractivity contribution in [3.8, 4) is 0 Å². The van der Waals surface area contributed by atoms with Gasteiger partial charge in [0.25, 0.3) is 5.56 Å². The van der Waals surface area contributed by atoms with Crippen molar-refractivity contribution in [3.63, 3.8) is 0 Å². The van der Waals surface area contributed by atoms with Crippen molar-refractivity contribution in [1.82, 2.24) is 9.78 Å². The molecule has 0 saturated carbocycles. The normalized spacial score (nSPS) is 13.1. The Bertz CT molecular complexity index is 1200. The third-order valence-corrected chi connectivity index (χ3v) is 6.47. The van der Waals surface area contributed by atoms with Crippen LogP contribution in [-0.2, 0) is 35.8 Å². The lowest BCUT2D eigenvalue weighted by molar-refractivity contribution is -0.115. The molecule has 1 amide bonds. The summed E-state index contributed by atoms with van der Waals surface area (Å²) < 4.78 is 6.49. The smallest absolute Gasteiger partial charge is 0.341 e. The van der Waals surface area contributed by atoms with Crippen LogP contribution in [0, 0.1) is 0 Å². The molecule has 0 bridgehead atoms. The summed E-state index contributed by atoms with van der Waals surface area (Å²) in [4.78, 5) is 38.9. The molecule has 30 heavy (non-hydrogen) atoms. The zero-order valence-electron chi connectivity index (χ0n) is 17.0. The van der Waals surface area contributed by atoms with E-state index in [9.17, 15) is 14.4 Å². The minimum absolute atomic E-state index is 0.000530. The molecule has 4 rings (SSSR count). The number of aromatic nitrogens is 2. The fraction of sp³-hybridized carbons (Fsp3) is 0.364. The summed E-state index contributed by atoms with van der Waals surface area (Å²) in [5.41, 5.74) is 1.81. The van der Waals surface area contributed by atoms with Crippen LogP contribution in [0.2, 0.25) is 0 Å². The summed E-state index contributed by atoms with van der Waals surface area (Å²) >= 11 is 1.46. The summed E-state index contributed by atoms with van der Waals surface area (Å²) in [6, 6.07) is 7.12. The SMILES string of the molecule is CCOC(=O)c1c(NC(=O)Cc2nn(C)c(=O)c3ccccc23)sc2c1CCCC2. The number of thiophene rings is 1. The molecule has 0 saturated heterocycles. The molecule has 1 aromatic carbocycles. The topological polar surface area (TPSA) is 90.3 Å². The van der Waals surface area contributed by atoms with Crippen LogP contribution in [-0.4, -0.2) is 28.3 Å². The zero-order chi connectivity index (χ0) is 21.3. The van der Waals surface area contributed by atoms with Crippen LogP contribution >= 0.6 is 11.3 Å². The Hall–Kier alpha value is -3.00. The summed E-state index contributed by atoms with van der Waals surface area (Å²) in [5, 5.41) is 8.92. The molecule has 7 nitrogen and oxygen atoms in total. The van der Waals surface area contributed by atoms with Crippen LogP contribution in [0.15, 0.2) is 29.1 Å². The molecule has 0 fully saturated rings. The van der Waals surface area contributed by atoms with Gasteiger partial charge >= 0.3 is 5.97 Å². The van der Waals surface area contributed by atoms with Crippen LogP contribution < -0.4 is 10.9 Å². The van der Waals surface area contributed by atoms with E-state index in [1.807, 2.05) is 6.07 Å². The molecule has 0 unspecified atom stereocenters. The van der Waals surface area contributed by atoms with Gasteiger partial charge in [0.15, 0.2) is 0 Å². The van der Waals surface area contributed by atoms with Crippen molar-refractivity contribution in [2.75, 3.05) is 11.9 Å². The molecule has 8 heteroatoms. The Labute approximate surface area is 177 Å². The monoisotopic (exact) mass is 425 g/mol. The number of nitrogens with one attached hydrogen (secondary N) is 1. The van der Waals surface area contributed by atoms with Gasteiger partial charge in [-0.05, 0) is 44.2 Å². The quantitative estimate of drug-likeness (QED) is 0.634. The van der Waals surface area contributed by atoms with E-state index in [2.05, 4.69) is 10.4 Å². The molecule has 0 aliphatic heterocycles. The Morgan fingerprint density at radius 2 is 1.93 bits per heavy atom. The van der Waals surface area contributed by atoms with Gasteiger partial charge in [0, 0.05) is 17.3 Å². The minimum Gasteiger partial charge on any atom is -0.462 e. The molecule has 0 radical (unpaired) electrons. The van der Waals surface area contributed by atoms with Crippen LogP contribution in [0.4, 0.5) is 5.00 Å². The first kappa shape index (κ1) is 20.3. The summed E-state index contributed by atoms with van der Waals surface area (Å²) in [6.45, 7) is 2.05. The van der Waals surface area contributed by atoms with Gasteiger partial charge in [-0.2, -0.15) is 5.10 Å². The zero-order valence-corrected chi connectivity index (χ0v) is 17.8. The summed E-state index contributed by atoms with van der Waals surface area (Å²) in [5.74, 6) is -0.673. The second-order valence-corrected chi connectivity index (χ2v) is 8.39. The van der Waals surface area contributed by atoms with E-state index in [1.54, 1.807) is 32.2 Å². The van der Waals surface area contributed by atoms with E-state index in [0.29, 0.717) is 27.0 Å². The molecule has 2 heterocycles. The Kier molecular flexibility index (Phi) is 5.67. The van der Waals surface area contributed by atoms with E-state index in [-0.39, 0.29) is 24.5 Å². The lowest BCUT2D eigenvalue weighted by Gasteiger charge is -2.12. The molecule has 1 aliphatic rings. The number of carbonyl (C=O) groups excluding carboxylic acids is 2. The fourth-order valence-corrected chi connectivity index (χ4v) is 5.20. The number of hydrogen-bond acceptors (Lipinski definition) is 6. The Morgan fingerprint density at radius 1 is 1.20 bits per heavy atom. The number of amides is 1. The van der Waals surface area contributed by atoms with Gasteiger partial charge in [-0.1, -0.05) is 18.2 Å². The molecule has 3 aromatic rings. The van der Waals surface area contributed by atoms with Gasteiger partial charge in [0.1, 0.15) is 5.00 Å². The summed E-state index contributed by atoms with van der Waals surface area (Å²) in [7, 11) is 1.57. The van der Waals surface area contributed by atoms with Gasteiger partial charge in [0.2, 0.25) is 5.91 Å². The lowest BCUT2D eigenvalue weighted by Crippen LogP contribution is -2.24. The average molecular weight is 426 g/mol. The van der Waals surface area contributed by atoms with E-state index in [4.69, 9.17) is 4.74 Å². The second-order valence-electron chi connectivity index (χ2n) is 7.28.